The average molecular weight is 323 g/mol. The van der Waals surface area contributed by atoms with Gasteiger partial charge in [0.05, 0.1) is 13.5 Å². The summed E-state index contributed by atoms with van der Waals surface area (Å²) < 4.78 is 6.92. The summed E-state index contributed by atoms with van der Waals surface area (Å²) in [5.41, 5.74) is 0. The molecule has 1 amide bonds. The molecule has 0 bridgehead atoms. The number of esters is 1. The molecule has 0 heterocycles. The van der Waals surface area contributed by atoms with Gasteiger partial charge in [-0.3, -0.25) is 4.79 Å². The summed E-state index contributed by atoms with van der Waals surface area (Å²) in [6.07, 6.45) is -1.61. The van der Waals surface area contributed by atoms with Crippen LogP contribution in [-0.2, 0) is 19.1 Å². The van der Waals surface area contributed by atoms with Crippen molar-refractivity contribution in [3.8, 4) is 0 Å². The largest absolute Gasteiger partial charge is 0.480 e. The van der Waals surface area contributed by atoms with Gasteiger partial charge < -0.3 is 19.9 Å². The van der Waals surface area contributed by atoms with Gasteiger partial charge in [0.1, 0.15) is 12.6 Å². The standard InChI is InChI=1S/C8H10Cl3NO6/c1-17-7(16)12-4(6(14)15)2-5(13)18-3-8(9,10)11/h4H,2-3H2,1H3,(H,12,16)(H,14,15). The lowest BCUT2D eigenvalue weighted by Gasteiger charge is -2.15. The van der Waals surface area contributed by atoms with Crippen LogP contribution in [0.15, 0.2) is 0 Å². The first kappa shape index (κ1) is 17.1. The molecule has 0 aromatic carbocycles. The van der Waals surface area contributed by atoms with Crippen molar-refractivity contribution in [1.82, 2.24) is 5.32 Å². The molecule has 0 aromatic heterocycles. The number of alkyl carbamates (subject to hydrolysis) is 1. The van der Waals surface area contributed by atoms with Crippen molar-refractivity contribution in [2.24, 2.45) is 0 Å². The number of alkyl halides is 3. The Kier molecular flexibility index (Phi) is 7.12. The highest BCUT2D eigenvalue weighted by atomic mass is 35.6. The van der Waals surface area contributed by atoms with Crippen molar-refractivity contribution < 1.29 is 29.0 Å². The van der Waals surface area contributed by atoms with Crippen LogP contribution in [0.5, 0.6) is 0 Å². The van der Waals surface area contributed by atoms with Crippen LogP contribution in [0.3, 0.4) is 0 Å². The zero-order valence-corrected chi connectivity index (χ0v) is 11.4. The molecule has 0 aromatic rings. The summed E-state index contributed by atoms with van der Waals surface area (Å²) in [6, 6.07) is -1.49. The van der Waals surface area contributed by atoms with Crippen molar-refractivity contribution in [3.05, 3.63) is 0 Å². The molecule has 0 spiro atoms. The van der Waals surface area contributed by atoms with Crippen LogP contribution in [-0.4, -0.2) is 46.7 Å². The fourth-order valence-corrected chi connectivity index (χ4v) is 0.953. The number of hydrogen-bond acceptors (Lipinski definition) is 5. The number of carboxylic acid groups (broad SMARTS) is 1. The first-order valence-corrected chi connectivity index (χ1v) is 5.58. The number of amides is 1. The summed E-state index contributed by atoms with van der Waals surface area (Å²) in [5, 5.41) is 10.7. The number of ether oxygens (including phenoxy) is 2. The van der Waals surface area contributed by atoms with Gasteiger partial charge in [-0.2, -0.15) is 0 Å². The molecule has 0 fully saturated rings. The van der Waals surface area contributed by atoms with Crippen LogP contribution >= 0.6 is 34.8 Å². The quantitative estimate of drug-likeness (QED) is 0.580. The fraction of sp³-hybridized carbons (Fsp3) is 0.625. The van der Waals surface area contributed by atoms with E-state index in [9.17, 15) is 14.4 Å². The van der Waals surface area contributed by atoms with Gasteiger partial charge in [0.25, 0.3) is 0 Å². The minimum Gasteiger partial charge on any atom is -0.480 e. The zero-order chi connectivity index (χ0) is 14.3. The van der Waals surface area contributed by atoms with E-state index in [1.54, 1.807) is 0 Å². The summed E-state index contributed by atoms with van der Waals surface area (Å²) >= 11 is 16.0. The number of carbonyl (C=O) groups is 3. The molecule has 0 saturated carbocycles. The zero-order valence-electron chi connectivity index (χ0n) is 9.11. The van der Waals surface area contributed by atoms with E-state index in [2.05, 4.69) is 9.47 Å². The van der Waals surface area contributed by atoms with Crippen molar-refractivity contribution in [2.45, 2.75) is 16.3 Å². The van der Waals surface area contributed by atoms with Crippen LogP contribution in [0.2, 0.25) is 0 Å². The maximum Gasteiger partial charge on any atom is 0.407 e. The van der Waals surface area contributed by atoms with Gasteiger partial charge in [-0.25, -0.2) is 9.59 Å². The van der Waals surface area contributed by atoms with Crippen molar-refractivity contribution in [2.75, 3.05) is 13.7 Å². The third-order valence-electron chi connectivity index (χ3n) is 1.54. The molecule has 0 aliphatic carbocycles. The maximum atomic E-state index is 11.2. The van der Waals surface area contributed by atoms with Crippen LogP contribution in [0.4, 0.5) is 4.79 Å². The Bertz CT molecular complexity index is 329. The van der Waals surface area contributed by atoms with Crippen LogP contribution in [0.1, 0.15) is 6.42 Å². The van der Waals surface area contributed by atoms with Crippen molar-refractivity contribution >= 4 is 52.8 Å². The molecule has 0 saturated heterocycles. The Morgan fingerprint density at radius 3 is 2.28 bits per heavy atom. The Morgan fingerprint density at radius 2 is 1.89 bits per heavy atom. The van der Waals surface area contributed by atoms with Crippen LogP contribution < -0.4 is 5.32 Å². The lowest BCUT2D eigenvalue weighted by atomic mass is 10.2. The molecule has 18 heavy (non-hydrogen) atoms. The number of hydrogen-bond donors (Lipinski definition) is 2. The van der Waals surface area contributed by atoms with Crippen LogP contribution in [0, 0.1) is 0 Å². The van der Waals surface area contributed by atoms with E-state index in [-0.39, 0.29) is 0 Å². The minimum absolute atomic E-state index is 0.527. The lowest BCUT2D eigenvalue weighted by molar-refractivity contribution is -0.149. The van der Waals surface area contributed by atoms with Crippen molar-refractivity contribution in [3.63, 3.8) is 0 Å². The first-order valence-electron chi connectivity index (χ1n) is 4.45. The number of nitrogens with one attached hydrogen (secondary N) is 1. The highest BCUT2D eigenvalue weighted by Crippen LogP contribution is 2.26. The third kappa shape index (κ3) is 8.21. The fourth-order valence-electron chi connectivity index (χ4n) is 0.789. The van der Waals surface area contributed by atoms with E-state index in [0.717, 1.165) is 7.11 Å². The summed E-state index contributed by atoms with van der Waals surface area (Å²) in [4.78, 5) is 32.8. The number of rotatable bonds is 5. The smallest absolute Gasteiger partial charge is 0.407 e. The highest BCUT2D eigenvalue weighted by Gasteiger charge is 2.27. The monoisotopic (exact) mass is 321 g/mol. The molecule has 0 aliphatic heterocycles. The van der Waals surface area contributed by atoms with Gasteiger partial charge in [-0.15, -0.1) is 0 Å². The van der Waals surface area contributed by atoms with E-state index >= 15 is 0 Å². The van der Waals surface area contributed by atoms with E-state index < -0.39 is 40.9 Å². The predicted molar refractivity (Wildman–Crippen MR) is 62.8 cm³/mol. The maximum absolute atomic E-state index is 11.2. The molecule has 1 unspecified atom stereocenters. The minimum atomic E-state index is -1.79. The first-order chi connectivity index (χ1) is 8.15. The Balaban J connectivity index is 4.29. The SMILES string of the molecule is COC(=O)NC(CC(=O)OCC(Cl)(Cl)Cl)C(=O)O. The second-order valence-electron chi connectivity index (χ2n) is 3.01. The lowest BCUT2D eigenvalue weighted by Crippen LogP contribution is -2.42. The number of aliphatic carboxylic acids is 1. The van der Waals surface area contributed by atoms with E-state index in [4.69, 9.17) is 39.9 Å². The second kappa shape index (κ2) is 7.50. The number of methoxy groups -OCH3 is 1. The normalized spacial score (nSPS) is 12.4. The summed E-state index contributed by atoms with van der Waals surface area (Å²) in [7, 11) is 1.05. The molecule has 0 rings (SSSR count). The molecule has 104 valence electrons. The summed E-state index contributed by atoms with van der Waals surface area (Å²) in [6.45, 7) is -0.527. The Labute approximate surface area is 117 Å². The van der Waals surface area contributed by atoms with Gasteiger partial charge in [-0.1, -0.05) is 34.8 Å². The van der Waals surface area contributed by atoms with Gasteiger partial charge in [-0.05, 0) is 0 Å². The number of carbonyl (C=O) groups excluding carboxylic acids is 2. The van der Waals surface area contributed by atoms with Gasteiger partial charge in [0, 0.05) is 0 Å². The molecular weight excluding hydrogens is 312 g/mol. The van der Waals surface area contributed by atoms with Gasteiger partial charge >= 0.3 is 18.0 Å². The Morgan fingerprint density at radius 1 is 1.33 bits per heavy atom. The molecular formula is C8H10Cl3NO6. The molecule has 7 nitrogen and oxygen atoms in total. The molecule has 1 atom stereocenters. The predicted octanol–water partition coefficient (Wildman–Crippen LogP) is 1.10. The van der Waals surface area contributed by atoms with E-state index in [0.29, 0.717) is 0 Å². The third-order valence-corrected chi connectivity index (χ3v) is 1.87. The Hall–Kier alpha value is -0.920. The molecule has 10 heteroatoms. The number of halogens is 3. The number of carboxylic acids is 1. The van der Waals surface area contributed by atoms with Crippen LogP contribution in [0.25, 0.3) is 0 Å². The molecule has 2 N–H and O–H groups in total. The molecule has 0 aliphatic rings. The van der Waals surface area contributed by atoms with Gasteiger partial charge in [0.15, 0.2) is 0 Å². The van der Waals surface area contributed by atoms with E-state index in [1.165, 1.54) is 0 Å². The second-order valence-corrected chi connectivity index (χ2v) is 5.52. The highest BCUT2D eigenvalue weighted by molar-refractivity contribution is 6.67. The van der Waals surface area contributed by atoms with E-state index in [1.807, 2.05) is 5.32 Å². The molecule has 0 radical (unpaired) electrons. The summed E-state index contributed by atoms with van der Waals surface area (Å²) in [5.74, 6) is -2.36. The average Bonchev–Trinajstić information content (AvgIpc) is 2.24. The van der Waals surface area contributed by atoms with Gasteiger partial charge in [0.2, 0.25) is 3.79 Å². The van der Waals surface area contributed by atoms with Crippen molar-refractivity contribution in [1.29, 1.82) is 0 Å². The topological polar surface area (TPSA) is 102 Å².